The summed E-state index contributed by atoms with van der Waals surface area (Å²) in [5.41, 5.74) is 2.02. The number of piperazine rings is 1. The standard InChI is InChI=1S/C24H36N6O/c1-3-25-24(26-13-12-22(31)21-8-6-5-7-9-21)28-19-20-10-11-23(27-18-20)30-16-14-29(4-2)15-17-30/h5-11,18,22,31H,3-4,12-17,19H2,1-2H3,(H2,25,26,28). The molecule has 1 aromatic carbocycles. The van der Waals surface area contributed by atoms with Crippen molar-refractivity contribution in [3.05, 3.63) is 59.8 Å². The molecule has 1 unspecified atom stereocenters. The van der Waals surface area contributed by atoms with Crippen molar-refractivity contribution in [3.63, 3.8) is 0 Å². The van der Waals surface area contributed by atoms with Crippen molar-refractivity contribution in [1.29, 1.82) is 0 Å². The summed E-state index contributed by atoms with van der Waals surface area (Å²) in [4.78, 5) is 14.1. The highest BCUT2D eigenvalue weighted by Gasteiger charge is 2.16. The maximum atomic E-state index is 10.3. The van der Waals surface area contributed by atoms with Crippen molar-refractivity contribution in [2.45, 2.75) is 32.9 Å². The number of aliphatic hydroxyl groups is 1. The van der Waals surface area contributed by atoms with Gasteiger partial charge in [0, 0.05) is 45.5 Å². The second-order valence-corrected chi connectivity index (χ2v) is 7.78. The summed E-state index contributed by atoms with van der Waals surface area (Å²) in [5, 5.41) is 16.9. The quantitative estimate of drug-likeness (QED) is 0.424. The Labute approximate surface area is 186 Å². The second-order valence-electron chi connectivity index (χ2n) is 7.78. The van der Waals surface area contributed by atoms with Crippen LogP contribution < -0.4 is 15.5 Å². The van der Waals surface area contributed by atoms with Gasteiger partial charge in [0.25, 0.3) is 0 Å². The van der Waals surface area contributed by atoms with Crippen LogP contribution in [0.3, 0.4) is 0 Å². The molecule has 0 aliphatic carbocycles. The van der Waals surface area contributed by atoms with Gasteiger partial charge in [0.05, 0.1) is 12.6 Å². The Hall–Kier alpha value is -2.64. The third-order valence-corrected chi connectivity index (χ3v) is 5.61. The van der Waals surface area contributed by atoms with Crippen molar-refractivity contribution < 1.29 is 5.11 Å². The van der Waals surface area contributed by atoms with Crippen LogP contribution in [-0.2, 0) is 6.54 Å². The van der Waals surface area contributed by atoms with Crippen LogP contribution in [0.1, 0.15) is 37.5 Å². The van der Waals surface area contributed by atoms with E-state index in [2.05, 4.69) is 49.5 Å². The van der Waals surface area contributed by atoms with Crippen LogP contribution in [0, 0.1) is 0 Å². The number of benzene rings is 1. The van der Waals surface area contributed by atoms with Crippen LogP contribution >= 0.6 is 0 Å². The third kappa shape index (κ3) is 7.22. The maximum Gasteiger partial charge on any atom is 0.191 e. The average molecular weight is 425 g/mol. The van der Waals surface area contributed by atoms with Crippen LogP contribution in [0.15, 0.2) is 53.7 Å². The van der Waals surface area contributed by atoms with Gasteiger partial charge in [-0.25, -0.2) is 9.98 Å². The lowest BCUT2D eigenvalue weighted by atomic mass is 10.1. The molecule has 1 aliphatic heterocycles. The first-order valence-electron chi connectivity index (χ1n) is 11.4. The Balaban J connectivity index is 1.48. The van der Waals surface area contributed by atoms with E-state index in [1.807, 2.05) is 43.5 Å². The lowest BCUT2D eigenvalue weighted by Crippen LogP contribution is -2.46. The Bertz CT molecular complexity index is 787. The Kier molecular flexibility index (Phi) is 9.12. The molecule has 2 aromatic rings. The maximum absolute atomic E-state index is 10.3. The van der Waals surface area contributed by atoms with Crippen molar-refractivity contribution in [2.75, 3.05) is 50.7 Å². The van der Waals surface area contributed by atoms with E-state index in [9.17, 15) is 5.11 Å². The summed E-state index contributed by atoms with van der Waals surface area (Å²) < 4.78 is 0. The molecular formula is C24H36N6O. The zero-order chi connectivity index (χ0) is 21.9. The summed E-state index contributed by atoms with van der Waals surface area (Å²) in [6, 6.07) is 14.0. The number of aliphatic imine (C=N–C) groups is 1. The van der Waals surface area contributed by atoms with E-state index in [0.717, 1.165) is 62.2 Å². The topological polar surface area (TPSA) is 76.0 Å². The van der Waals surface area contributed by atoms with Crippen molar-refractivity contribution in [1.82, 2.24) is 20.5 Å². The molecule has 1 saturated heterocycles. The number of aliphatic hydroxyl groups excluding tert-OH is 1. The van der Waals surface area contributed by atoms with E-state index in [4.69, 9.17) is 0 Å². The minimum atomic E-state index is -0.479. The van der Waals surface area contributed by atoms with E-state index >= 15 is 0 Å². The molecule has 0 radical (unpaired) electrons. The largest absolute Gasteiger partial charge is 0.388 e. The number of pyridine rings is 1. The highest BCUT2D eigenvalue weighted by molar-refractivity contribution is 5.79. The summed E-state index contributed by atoms with van der Waals surface area (Å²) in [6.07, 6.45) is 2.07. The fourth-order valence-corrected chi connectivity index (χ4v) is 3.67. The van der Waals surface area contributed by atoms with Gasteiger partial charge in [0.15, 0.2) is 5.96 Å². The molecule has 1 aromatic heterocycles. The molecule has 0 spiro atoms. The van der Waals surface area contributed by atoms with E-state index in [0.29, 0.717) is 19.5 Å². The fraction of sp³-hybridized carbons (Fsp3) is 0.500. The zero-order valence-electron chi connectivity index (χ0n) is 18.8. The molecule has 1 fully saturated rings. The Morgan fingerprint density at radius 2 is 1.84 bits per heavy atom. The summed E-state index contributed by atoms with van der Waals surface area (Å²) in [5.74, 6) is 1.80. The number of anilines is 1. The van der Waals surface area contributed by atoms with Gasteiger partial charge in [-0.05, 0) is 37.1 Å². The SMILES string of the molecule is CCNC(=NCc1ccc(N2CCN(CC)CC2)nc1)NCCC(O)c1ccccc1. The van der Waals surface area contributed by atoms with Crippen molar-refractivity contribution >= 4 is 11.8 Å². The van der Waals surface area contributed by atoms with Gasteiger partial charge >= 0.3 is 0 Å². The molecule has 1 aliphatic rings. The van der Waals surface area contributed by atoms with Crippen LogP contribution in [0.2, 0.25) is 0 Å². The van der Waals surface area contributed by atoms with Gasteiger partial charge in [-0.1, -0.05) is 43.3 Å². The van der Waals surface area contributed by atoms with Gasteiger partial charge < -0.3 is 25.5 Å². The Morgan fingerprint density at radius 3 is 2.48 bits per heavy atom. The van der Waals surface area contributed by atoms with Crippen molar-refractivity contribution in [3.8, 4) is 0 Å². The molecule has 31 heavy (non-hydrogen) atoms. The fourth-order valence-electron chi connectivity index (χ4n) is 3.67. The third-order valence-electron chi connectivity index (χ3n) is 5.61. The number of rotatable bonds is 9. The molecule has 2 heterocycles. The first-order valence-corrected chi connectivity index (χ1v) is 11.4. The molecule has 0 bridgehead atoms. The van der Waals surface area contributed by atoms with Crippen LogP contribution in [0.4, 0.5) is 5.82 Å². The minimum Gasteiger partial charge on any atom is -0.388 e. The average Bonchev–Trinajstić information content (AvgIpc) is 2.83. The lowest BCUT2D eigenvalue weighted by molar-refractivity contribution is 0.168. The van der Waals surface area contributed by atoms with E-state index < -0.39 is 6.10 Å². The molecule has 7 nitrogen and oxygen atoms in total. The molecule has 3 N–H and O–H groups in total. The molecular weight excluding hydrogens is 388 g/mol. The lowest BCUT2D eigenvalue weighted by Gasteiger charge is -2.34. The van der Waals surface area contributed by atoms with E-state index in [1.165, 1.54) is 0 Å². The van der Waals surface area contributed by atoms with Gasteiger partial charge in [-0.3, -0.25) is 0 Å². The van der Waals surface area contributed by atoms with Crippen molar-refractivity contribution in [2.24, 2.45) is 4.99 Å². The number of guanidine groups is 1. The van der Waals surface area contributed by atoms with Gasteiger partial charge in [0.1, 0.15) is 5.82 Å². The number of nitrogens with zero attached hydrogens (tertiary/aromatic N) is 4. The zero-order valence-corrected chi connectivity index (χ0v) is 18.8. The molecule has 0 saturated carbocycles. The number of hydrogen-bond acceptors (Lipinski definition) is 5. The summed E-state index contributed by atoms with van der Waals surface area (Å²) in [6.45, 7) is 11.6. The number of likely N-dealkylation sites (N-methyl/N-ethyl adjacent to an activating group) is 1. The summed E-state index contributed by atoms with van der Waals surface area (Å²) >= 11 is 0. The second kappa shape index (κ2) is 12.3. The molecule has 7 heteroatoms. The van der Waals surface area contributed by atoms with Gasteiger partial charge in [-0.15, -0.1) is 0 Å². The molecule has 0 amide bonds. The highest BCUT2D eigenvalue weighted by Crippen LogP contribution is 2.15. The minimum absolute atomic E-state index is 0.479. The molecule has 168 valence electrons. The highest BCUT2D eigenvalue weighted by atomic mass is 16.3. The predicted octanol–water partition coefficient (Wildman–Crippen LogP) is 2.40. The van der Waals surface area contributed by atoms with Gasteiger partial charge in [0.2, 0.25) is 0 Å². The smallest absolute Gasteiger partial charge is 0.191 e. The van der Waals surface area contributed by atoms with Crippen LogP contribution in [-0.4, -0.2) is 66.8 Å². The molecule has 1 atom stereocenters. The van der Waals surface area contributed by atoms with Crippen LogP contribution in [0.5, 0.6) is 0 Å². The number of hydrogen-bond donors (Lipinski definition) is 3. The number of aromatic nitrogens is 1. The number of nitrogens with one attached hydrogen (secondary N) is 2. The van der Waals surface area contributed by atoms with E-state index in [1.54, 1.807) is 0 Å². The summed E-state index contributed by atoms with van der Waals surface area (Å²) in [7, 11) is 0. The van der Waals surface area contributed by atoms with Gasteiger partial charge in [-0.2, -0.15) is 0 Å². The monoisotopic (exact) mass is 424 g/mol. The normalized spacial score (nSPS) is 16.2. The van der Waals surface area contributed by atoms with Crippen LogP contribution in [0.25, 0.3) is 0 Å². The predicted molar refractivity (Wildman–Crippen MR) is 127 cm³/mol. The molecule has 3 rings (SSSR count). The first-order chi connectivity index (χ1) is 15.2. The first kappa shape index (κ1) is 23.0. The Morgan fingerprint density at radius 1 is 1.06 bits per heavy atom. The van der Waals surface area contributed by atoms with E-state index in [-0.39, 0.29) is 0 Å².